The van der Waals surface area contributed by atoms with Gasteiger partial charge in [0.2, 0.25) is 0 Å². The van der Waals surface area contributed by atoms with Crippen LogP contribution < -0.4 is 0 Å². The molecule has 0 fully saturated rings. The van der Waals surface area contributed by atoms with E-state index in [4.69, 9.17) is 0 Å². The van der Waals surface area contributed by atoms with Crippen molar-refractivity contribution in [3.63, 3.8) is 0 Å². The predicted octanol–water partition coefficient (Wildman–Crippen LogP) is 6.41. The van der Waals surface area contributed by atoms with E-state index in [1.54, 1.807) is 0 Å². The van der Waals surface area contributed by atoms with Crippen molar-refractivity contribution in [2.24, 2.45) is 0 Å². The highest BCUT2D eigenvalue weighted by Gasteiger charge is 2.42. The first-order chi connectivity index (χ1) is 14.8. The average molecular weight is 498 g/mol. The van der Waals surface area contributed by atoms with Crippen LogP contribution in [-0.2, 0) is 21.8 Å². The van der Waals surface area contributed by atoms with Crippen molar-refractivity contribution in [2.75, 3.05) is 26.7 Å². The fourth-order valence-corrected chi connectivity index (χ4v) is 4.67. The van der Waals surface area contributed by atoms with E-state index in [9.17, 15) is 35.9 Å². The first kappa shape index (κ1) is 25.9. The Morgan fingerprint density at radius 3 is 1.22 bits per heavy atom. The lowest BCUT2D eigenvalue weighted by Crippen LogP contribution is -2.16. The van der Waals surface area contributed by atoms with E-state index in [0.29, 0.717) is 35.7 Å². The molecule has 2 aromatic carbocycles. The Bertz CT molecular complexity index is 964. The Kier molecular flexibility index (Phi) is 7.82. The Labute approximate surface area is 187 Å². The van der Waals surface area contributed by atoms with Crippen LogP contribution in [0, 0.1) is 0 Å². The number of benzene rings is 2. The van der Waals surface area contributed by atoms with Gasteiger partial charge in [-0.1, -0.05) is 0 Å². The minimum Gasteiger partial charge on any atom is -0.465 e. The summed E-state index contributed by atoms with van der Waals surface area (Å²) in [4.78, 5) is 23.6. The van der Waals surface area contributed by atoms with Crippen molar-refractivity contribution >= 4 is 35.5 Å². The maximum Gasteiger partial charge on any atom is 0.417 e. The summed E-state index contributed by atoms with van der Waals surface area (Å²) in [6, 6.07) is 2.74. The topological polar surface area (TPSA) is 52.6 Å². The SMILES string of the molecule is COC(=O)c1ccc(C(F)(F)F)c(-c2c(C(F)(F)F)ccc(C(=O)OC)c2SC)c1SC. The van der Waals surface area contributed by atoms with Gasteiger partial charge in [-0.2, -0.15) is 26.3 Å². The van der Waals surface area contributed by atoms with Gasteiger partial charge in [-0.3, -0.25) is 0 Å². The molecular formula is C20H16F6O4S2. The molecule has 0 aromatic heterocycles. The number of halogens is 6. The molecule has 0 N–H and O–H groups in total. The van der Waals surface area contributed by atoms with Crippen molar-refractivity contribution < 1.29 is 45.4 Å². The van der Waals surface area contributed by atoms with Crippen LogP contribution in [0.4, 0.5) is 26.3 Å². The van der Waals surface area contributed by atoms with Crippen LogP contribution in [0.2, 0.25) is 0 Å². The Balaban J connectivity index is 3.22. The second-order valence-corrected chi connectivity index (χ2v) is 7.75. The highest BCUT2D eigenvalue weighted by molar-refractivity contribution is 7.99. The zero-order valence-electron chi connectivity index (χ0n) is 17.0. The second kappa shape index (κ2) is 9.65. The van der Waals surface area contributed by atoms with Gasteiger partial charge in [0.15, 0.2) is 0 Å². The Hall–Kier alpha value is -2.34. The molecule has 0 spiro atoms. The van der Waals surface area contributed by atoms with E-state index in [0.717, 1.165) is 26.4 Å². The van der Waals surface area contributed by atoms with Crippen LogP contribution in [-0.4, -0.2) is 38.7 Å². The molecule has 12 heteroatoms. The van der Waals surface area contributed by atoms with Gasteiger partial charge in [0.25, 0.3) is 0 Å². The lowest BCUT2D eigenvalue weighted by molar-refractivity contribution is -0.139. The average Bonchev–Trinajstić information content (AvgIpc) is 2.74. The smallest absolute Gasteiger partial charge is 0.417 e. The predicted molar refractivity (Wildman–Crippen MR) is 108 cm³/mol. The van der Waals surface area contributed by atoms with E-state index in [-0.39, 0.29) is 20.9 Å². The van der Waals surface area contributed by atoms with Crippen LogP contribution in [0.3, 0.4) is 0 Å². The summed E-state index contributed by atoms with van der Waals surface area (Å²) in [6.45, 7) is 0. The van der Waals surface area contributed by atoms with Crippen molar-refractivity contribution in [3.8, 4) is 11.1 Å². The maximum absolute atomic E-state index is 13.9. The fraction of sp³-hybridized carbons (Fsp3) is 0.300. The molecule has 0 aliphatic carbocycles. The molecule has 4 nitrogen and oxygen atoms in total. The van der Waals surface area contributed by atoms with Crippen molar-refractivity contribution in [3.05, 3.63) is 46.5 Å². The molecule has 0 saturated heterocycles. The summed E-state index contributed by atoms with van der Waals surface area (Å²) in [5, 5.41) is 0. The van der Waals surface area contributed by atoms with Crippen LogP contribution in [0.5, 0.6) is 0 Å². The van der Waals surface area contributed by atoms with E-state index in [1.165, 1.54) is 12.5 Å². The summed E-state index contributed by atoms with van der Waals surface area (Å²) in [7, 11) is 1.99. The van der Waals surface area contributed by atoms with E-state index < -0.39 is 46.5 Å². The van der Waals surface area contributed by atoms with Gasteiger partial charge in [-0.15, -0.1) is 23.5 Å². The molecule has 0 saturated carbocycles. The molecule has 2 rings (SSSR count). The normalized spacial score (nSPS) is 11.9. The van der Waals surface area contributed by atoms with E-state index in [1.807, 2.05) is 0 Å². The number of esters is 2. The van der Waals surface area contributed by atoms with Gasteiger partial charge in [0.1, 0.15) is 0 Å². The standard InChI is InChI=1S/C20H16F6O4S2/c1-29-17(27)9-5-7-11(19(21,22)23)13(15(9)31-3)14-12(20(24,25)26)8-6-10(16(14)32-4)18(28)30-2/h5-8H,1-4H3. The summed E-state index contributed by atoms with van der Waals surface area (Å²) < 4.78 is 92.9. The second-order valence-electron chi connectivity index (χ2n) is 6.12. The van der Waals surface area contributed by atoms with Gasteiger partial charge in [-0.05, 0) is 36.8 Å². The molecule has 0 radical (unpaired) electrons. The van der Waals surface area contributed by atoms with Gasteiger partial charge in [-0.25, -0.2) is 9.59 Å². The fourth-order valence-electron chi connectivity index (χ4n) is 3.10. The van der Waals surface area contributed by atoms with Gasteiger partial charge < -0.3 is 9.47 Å². The molecule has 0 atom stereocenters. The number of thioether (sulfide) groups is 2. The van der Waals surface area contributed by atoms with Crippen molar-refractivity contribution in [2.45, 2.75) is 22.1 Å². The monoisotopic (exact) mass is 498 g/mol. The first-order valence-electron chi connectivity index (χ1n) is 8.56. The van der Waals surface area contributed by atoms with Crippen molar-refractivity contribution in [1.29, 1.82) is 0 Å². The van der Waals surface area contributed by atoms with Crippen LogP contribution >= 0.6 is 23.5 Å². The third kappa shape index (κ3) is 4.85. The van der Waals surface area contributed by atoms with Gasteiger partial charge >= 0.3 is 24.3 Å². The first-order valence-corrected chi connectivity index (χ1v) is 11.0. The molecule has 0 bridgehead atoms. The lowest BCUT2D eigenvalue weighted by Gasteiger charge is -2.24. The number of hydrogen-bond donors (Lipinski definition) is 0. The van der Waals surface area contributed by atoms with E-state index in [2.05, 4.69) is 9.47 Å². The molecule has 174 valence electrons. The zero-order chi connectivity index (χ0) is 24.4. The molecular weight excluding hydrogens is 482 g/mol. The molecule has 2 aromatic rings. The van der Waals surface area contributed by atoms with Crippen molar-refractivity contribution in [1.82, 2.24) is 0 Å². The maximum atomic E-state index is 13.9. The number of carbonyl (C=O) groups is 2. The third-order valence-electron chi connectivity index (χ3n) is 4.40. The summed E-state index contributed by atoms with van der Waals surface area (Å²) in [5.41, 5.74) is -5.20. The molecule has 0 amide bonds. The molecule has 32 heavy (non-hydrogen) atoms. The zero-order valence-corrected chi connectivity index (χ0v) is 18.7. The van der Waals surface area contributed by atoms with E-state index >= 15 is 0 Å². The lowest BCUT2D eigenvalue weighted by atomic mass is 9.91. The molecule has 0 aliphatic rings. The number of alkyl halides is 6. The molecule has 0 heterocycles. The van der Waals surface area contributed by atoms with Crippen LogP contribution in [0.15, 0.2) is 34.1 Å². The van der Waals surface area contributed by atoms with Gasteiger partial charge in [0.05, 0.1) is 36.5 Å². The Morgan fingerprint density at radius 2 is 1.00 bits per heavy atom. The molecule has 0 unspecified atom stereocenters. The van der Waals surface area contributed by atoms with Gasteiger partial charge in [0, 0.05) is 20.9 Å². The number of methoxy groups -OCH3 is 2. The highest BCUT2D eigenvalue weighted by Crippen LogP contribution is 2.51. The minimum atomic E-state index is -5.06. The summed E-state index contributed by atoms with van der Waals surface area (Å²) in [6.07, 6.45) is -7.48. The highest BCUT2D eigenvalue weighted by atomic mass is 32.2. The molecule has 0 aliphatic heterocycles. The van der Waals surface area contributed by atoms with Crippen LogP contribution in [0.1, 0.15) is 31.8 Å². The largest absolute Gasteiger partial charge is 0.465 e. The number of rotatable bonds is 5. The number of hydrogen-bond acceptors (Lipinski definition) is 6. The summed E-state index contributed by atoms with van der Waals surface area (Å²) >= 11 is 1.31. The number of ether oxygens (including phenoxy) is 2. The van der Waals surface area contributed by atoms with Crippen LogP contribution in [0.25, 0.3) is 11.1 Å². The number of carbonyl (C=O) groups excluding carboxylic acids is 2. The summed E-state index contributed by atoms with van der Waals surface area (Å²) in [5.74, 6) is -2.04. The minimum absolute atomic E-state index is 0.341. The third-order valence-corrected chi connectivity index (χ3v) is 6.06. The quantitative estimate of drug-likeness (QED) is 0.270. The Morgan fingerprint density at radius 1 is 0.688 bits per heavy atom.